The Morgan fingerprint density at radius 3 is 2.46 bits per heavy atom. The van der Waals surface area contributed by atoms with Crippen molar-refractivity contribution in [2.45, 2.75) is 25.8 Å². The zero-order valence-corrected chi connectivity index (χ0v) is 15.9. The standard InChI is InChI=1S/C26H23NO/c28-26(24-16-9-17-24)27(20-21-10-2-1-3-11-21)19-7-6-13-23-15-8-14-22-12-4-5-18-25(22)23/h1-5,8,10-12,14-16,18H,7,9,17,19-20H2. The molecule has 0 bridgehead atoms. The maximum atomic E-state index is 12.8. The van der Waals surface area contributed by atoms with Crippen LogP contribution < -0.4 is 0 Å². The monoisotopic (exact) mass is 365 g/mol. The summed E-state index contributed by atoms with van der Waals surface area (Å²) in [5, 5.41) is 2.38. The molecule has 0 N–H and O–H groups in total. The third kappa shape index (κ3) is 4.15. The summed E-state index contributed by atoms with van der Waals surface area (Å²) in [6, 6.07) is 24.7. The van der Waals surface area contributed by atoms with Gasteiger partial charge in [-0.3, -0.25) is 4.79 Å². The van der Waals surface area contributed by atoms with Gasteiger partial charge < -0.3 is 4.90 Å². The van der Waals surface area contributed by atoms with E-state index in [0.717, 1.165) is 29.5 Å². The second kappa shape index (κ2) is 8.59. The van der Waals surface area contributed by atoms with Gasteiger partial charge in [0.15, 0.2) is 0 Å². The molecule has 0 spiro atoms. The molecule has 3 aromatic carbocycles. The van der Waals surface area contributed by atoms with Crippen LogP contribution in [0.1, 0.15) is 30.4 Å². The zero-order valence-electron chi connectivity index (χ0n) is 15.9. The summed E-state index contributed by atoms with van der Waals surface area (Å²) in [4.78, 5) is 14.7. The van der Waals surface area contributed by atoms with Crippen LogP contribution in [-0.4, -0.2) is 17.4 Å². The van der Waals surface area contributed by atoms with Crippen molar-refractivity contribution in [3.63, 3.8) is 0 Å². The summed E-state index contributed by atoms with van der Waals surface area (Å²) in [6.45, 7) is 1.27. The molecule has 0 radical (unpaired) electrons. The Labute approximate surface area is 166 Å². The molecule has 0 unspecified atom stereocenters. The Kier molecular flexibility index (Phi) is 5.54. The molecule has 2 heteroatoms. The average Bonchev–Trinajstić information content (AvgIpc) is 2.70. The van der Waals surface area contributed by atoms with Crippen molar-refractivity contribution in [1.82, 2.24) is 4.90 Å². The third-order valence-corrected chi connectivity index (χ3v) is 5.10. The highest BCUT2D eigenvalue weighted by Gasteiger charge is 2.21. The molecule has 0 aromatic heterocycles. The van der Waals surface area contributed by atoms with Crippen LogP contribution in [-0.2, 0) is 11.3 Å². The van der Waals surface area contributed by atoms with Gasteiger partial charge in [0.1, 0.15) is 0 Å². The van der Waals surface area contributed by atoms with Gasteiger partial charge in [0.2, 0.25) is 5.91 Å². The molecule has 1 aliphatic carbocycles. The minimum atomic E-state index is 0.155. The fraction of sp³-hybridized carbons (Fsp3) is 0.192. The van der Waals surface area contributed by atoms with Crippen LogP contribution in [0.3, 0.4) is 0 Å². The quantitative estimate of drug-likeness (QED) is 0.560. The summed E-state index contributed by atoms with van der Waals surface area (Å²) in [7, 11) is 0. The van der Waals surface area contributed by atoms with Gasteiger partial charge in [-0.2, -0.15) is 0 Å². The van der Waals surface area contributed by atoms with Crippen LogP contribution in [0.15, 0.2) is 84.4 Å². The van der Waals surface area contributed by atoms with E-state index in [4.69, 9.17) is 0 Å². The molecular weight excluding hydrogens is 342 g/mol. The number of nitrogens with zero attached hydrogens (tertiary/aromatic N) is 1. The van der Waals surface area contributed by atoms with Gasteiger partial charge in [-0.25, -0.2) is 0 Å². The number of rotatable bonds is 5. The molecule has 3 aromatic rings. The van der Waals surface area contributed by atoms with Crippen LogP contribution in [0.5, 0.6) is 0 Å². The fourth-order valence-corrected chi connectivity index (χ4v) is 3.43. The summed E-state index contributed by atoms with van der Waals surface area (Å²) in [5.74, 6) is 6.73. The molecule has 138 valence electrons. The van der Waals surface area contributed by atoms with Crippen LogP contribution in [0.25, 0.3) is 10.8 Å². The topological polar surface area (TPSA) is 20.3 Å². The lowest BCUT2D eigenvalue weighted by Gasteiger charge is -2.25. The number of allylic oxidation sites excluding steroid dienone is 1. The van der Waals surface area contributed by atoms with Crippen molar-refractivity contribution >= 4 is 16.7 Å². The number of amides is 1. The van der Waals surface area contributed by atoms with E-state index < -0.39 is 0 Å². The second-order valence-corrected chi connectivity index (χ2v) is 7.06. The molecule has 1 aliphatic rings. The van der Waals surface area contributed by atoms with Gasteiger partial charge in [0, 0.05) is 30.6 Å². The van der Waals surface area contributed by atoms with E-state index in [-0.39, 0.29) is 5.91 Å². The number of hydrogen-bond acceptors (Lipinski definition) is 1. The van der Waals surface area contributed by atoms with E-state index in [0.29, 0.717) is 19.5 Å². The van der Waals surface area contributed by atoms with Crippen molar-refractivity contribution in [2.24, 2.45) is 0 Å². The molecule has 1 amide bonds. The van der Waals surface area contributed by atoms with Crippen LogP contribution >= 0.6 is 0 Å². The van der Waals surface area contributed by atoms with Crippen molar-refractivity contribution in [3.05, 3.63) is 95.6 Å². The van der Waals surface area contributed by atoms with Gasteiger partial charge in [-0.05, 0) is 35.2 Å². The molecule has 0 aliphatic heterocycles. The van der Waals surface area contributed by atoms with Crippen molar-refractivity contribution in [2.75, 3.05) is 6.54 Å². The lowest BCUT2D eigenvalue weighted by molar-refractivity contribution is -0.128. The molecule has 0 heterocycles. The van der Waals surface area contributed by atoms with E-state index in [1.54, 1.807) is 0 Å². The van der Waals surface area contributed by atoms with E-state index in [9.17, 15) is 4.79 Å². The molecule has 0 saturated carbocycles. The van der Waals surface area contributed by atoms with Crippen LogP contribution in [0.4, 0.5) is 0 Å². The maximum Gasteiger partial charge on any atom is 0.249 e. The van der Waals surface area contributed by atoms with Crippen molar-refractivity contribution in [3.8, 4) is 11.8 Å². The van der Waals surface area contributed by atoms with Crippen LogP contribution in [0, 0.1) is 11.8 Å². The lowest BCUT2D eigenvalue weighted by atomic mass is 9.97. The molecule has 4 rings (SSSR count). The van der Waals surface area contributed by atoms with E-state index in [1.165, 1.54) is 10.8 Å². The first-order valence-electron chi connectivity index (χ1n) is 9.80. The second-order valence-electron chi connectivity index (χ2n) is 7.06. The highest BCUT2D eigenvalue weighted by atomic mass is 16.2. The fourth-order valence-electron chi connectivity index (χ4n) is 3.43. The predicted octanol–water partition coefficient (Wildman–Crippen LogP) is 5.33. The molecule has 0 atom stereocenters. The maximum absolute atomic E-state index is 12.8. The predicted molar refractivity (Wildman–Crippen MR) is 115 cm³/mol. The molecule has 0 saturated heterocycles. The first-order chi connectivity index (χ1) is 13.8. The minimum Gasteiger partial charge on any atom is -0.334 e. The number of carbonyl (C=O) groups is 1. The Bertz CT molecular complexity index is 1060. The smallest absolute Gasteiger partial charge is 0.249 e. The Balaban J connectivity index is 1.47. The van der Waals surface area contributed by atoms with Gasteiger partial charge in [-0.1, -0.05) is 84.6 Å². The third-order valence-electron chi connectivity index (χ3n) is 5.10. The summed E-state index contributed by atoms with van der Waals surface area (Å²) in [6.07, 6.45) is 4.62. The highest BCUT2D eigenvalue weighted by Crippen LogP contribution is 2.22. The average molecular weight is 365 g/mol. The summed E-state index contributed by atoms with van der Waals surface area (Å²) >= 11 is 0. The number of benzene rings is 3. The molecule has 2 nitrogen and oxygen atoms in total. The van der Waals surface area contributed by atoms with E-state index >= 15 is 0 Å². The van der Waals surface area contributed by atoms with Gasteiger partial charge in [0.25, 0.3) is 0 Å². The highest BCUT2D eigenvalue weighted by molar-refractivity contribution is 5.94. The normalized spacial score (nSPS) is 12.5. The lowest BCUT2D eigenvalue weighted by Crippen LogP contribution is -2.33. The minimum absolute atomic E-state index is 0.155. The first kappa shape index (κ1) is 18.1. The van der Waals surface area contributed by atoms with Crippen molar-refractivity contribution < 1.29 is 4.79 Å². The van der Waals surface area contributed by atoms with Gasteiger partial charge in [-0.15, -0.1) is 0 Å². The summed E-state index contributed by atoms with van der Waals surface area (Å²) < 4.78 is 0. The summed E-state index contributed by atoms with van der Waals surface area (Å²) in [5.41, 5.74) is 3.14. The van der Waals surface area contributed by atoms with Crippen molar-refractivity contribution in [1.29, 1.82) is 0 Å². The molecular formula is C26H23NO. The van der Waals surface area contributed by atoms with Gasteiger partial charge in [0.05, 0.1) is 0 Å². The Hall–Kier alpha value is -3.31. The molecule has 28 heavy (non-hydrogen) atoms. The number of fused-ring (bicyclic) bond motifs is 1. The van der Waals surface area contributed by atoms with E-state index in [2.05, 4.69) is 48.2 Å². The SMILES string of the molecule is O=C(C1=CCC1)N(CCC#Cc1cccc2ccccc12)Cc1ccccc1. The van der Waals surface area contributed by atoms with Gasteiger partial charge >= 0.3 is 0 Å². The Morgan fingerprint density at radius 1 is 0.929 bits per heavy atom. The largest absolute Gasteiger partial charge is 0.334 e. The number of hydrogen-bond donors (Lipinski definition) is 0. The zero-order chi connectivity index (χ0) is 19.2. The molecule has 0 fully saturated rings. The first-order valence-corrected chi connectivity index (χ1v) is 9.80. The van der Waals surface area contributed by atoms with Crippen LogP contribution in [0.2, 0.25) is 0 Å². The number of carbonyl (C=O) groups excluding carboxylic acids is 1. The van der Waals surface area contributed by atoms with E-state index in [1.807, 2.05) is 47.4 Å². The Morgan fingerprint density at radius 2 is 1.68 bits per heavy atom.